The van der Waals surface area contributed by atoms with E-state index in [0.29, 0.717) is 22.0 Å². The molecule has 1 saturated heterocycles. The summed E-state index contributed by atoms with van der Waals surface area (Å²) in [6.45, 7) is 1.30. The van der Waals surface area contributed by atoms with E-state index in [0.717, 1.165) is 0 Å². The molecule has 0 N–H and O–H groups in total. The Hall–Kier alpha value is -2.45. The van der Waals surface area contributed by atoms with Gasteiger partial charge in [0, 0.05) is 31.3 Å². The van der Waals surface area contributed by atoms with E-state index in [9.17, 15) is 22.8 Å². The fraction of sp³-hybridized carbons (Fsp3) is 0.500. The average molecular weight is 360 g/mol. The van der Waals surface area contributed by atoms with Gasteiger partial charge in [0.1, 0.15) is 17.5 Å². The van der Waals surface area contributed by atoms with Gasteiger partial charge in [-0.1, -0.05) is 0 Å². The van der Waals surface area contributed by atoms with Crippen LogP contribution in [0.1, 0.15) is 12.5 Å². The van der Waals surface area contributed by atoms with E-state index in [1.165, 1.54) is 26.0 Å². The second kappa shape index (κ2) is 7.20. The monoisotopic (exact) mass is 360 g/mol. The van der Waals surface area contributed by atoms with Crippen molar-refractivity contribution < 1.29 is 32.2 Å². The molecule has 1 atom stereocenters. The van der Waals surface area contributed by atoms with Crippen LogP contribution in [0.15, 0.2) is 18.2 Å². The van der Waals surface area contributed by atoms with Crippen LogP contribution in [0.25, 0.3) is 0 Å². The Balaban J connectivity index is 2.14. The van der Waals surface area contributed by atoms with Crippen molar-refractivity contribution in [3.63, 3.8) is 0 Å². The molecule has 9 heteroatoms. The van der Waals surface area contributed by atoms with Gasteiger partial charge < -0.3 is 19.3 Å². The van der Waals surface area contributed by atoms with Crippen LogP contribution in [0.4, 0.5) is 13.2 Å². The molecule has 6 nitrogen and oxygen atoms in total. The predicted octanol–water partition coefficient (Wildman–Crippen LogP) is 1.83. The minimum atomic E-state index is -4.99. The maximum absolute atomic E-state index is 12.6. The van der Waals surface area contributed by atoms with Gasteiger partial charge in [-0.05, 0) is 19.1 Å². The molecule has 0 radical (unpaired) electrons. The van der Waals surface area contributed by atoms with E-state index in [-0.39, 0.29) is 19.6 Å². The van der Waals surface area contributed by atoms with Gasteiger partial charge in [0.2, 0.25) is 5.91 Å². The van der Waals surface area contributed by atoms with Crippen LogP contribution in [-0.2, 0) is 16.1 Å². The average Bonchev–Trinajstić information content (AvgIpc) is 2.58. The molecular weight excluding hydrogens is 341 g/mol. The molecule has 1 aromatic rings. The molecule has 1 aromatic carbocycles. The van der Waals surface area contributed by atoms with Gasteiger partial charge in [-0.2, -0.15) is 13.2 Å². The van der Waals surface area contributed by atoms with Crippen molar-refractivity contribution >= 4 is 11.8 Å². The minimum Gasteiger partial charge on any atom is -0.497 e. The number of nitrogens with zero attached hydrogens (tertiary/aromatic N) is 2. The topological polar surface area (TPSA) is 59.1 Å². The number of hydrogen-bond donors (Lipinski definition) is 0. The lowest BCUT2D eigenvalue weighted by atomic mass is 10.1. The summed E-state index contributed by atoms with van der Waals surface area (Å²) in [5.74, 6) is -1.44. The van der Waals surface area contributed by atoms with E-state index in [4.69, 9.17) is 9.47 Å². The number of hydrogen-bond acceptors (Lipinski definition) is 4. The molecule has 2 amide bonds. The number of piperazine rings is 1. The lowest BCUT2D eigenvalue weighted by Crippen LogP contribution is -2.59. The highest BCUT2D eigenvalue weighted by atomic mass is 19.4. The third-order valence-electron chi connectivity index (χ3n) is 4.11. The number of rotatable bonds is 4. The smallest absolute Gasteiger partial charge is 0.471 e. The number of carbonyl (C=O) groups is 2. The molecular formula is C16H19F3N2O4. The molecule has 138 valence electrons. The fourth-order valence-electron chi connectivity index (χ4n) is 2.72. The molecule has 1 heterocycles. The fourth-order valence-corrected chi connectivity index (χ4v) is 2.72. The van der Waals surface area contributed by atoms with Crippen molar-refractivity contribution in [1.29, 1.82) is 0 Å². The maximum atomic E-state index is 12.6. The summed E-state index contributed by atoms with van der Waals surface area (Å²) in [6, 6.07) is 3.91. The largest absolute Gasteiger partial charge is 0.497 e. The first-order chi connectivity index (χ1) is 11.7. The number of ether oxygens (including phenoxy) is 2. The predicted molar refractivity (Wildman–Crippen MR) is 82.2 cm³/mol. The third-order valence-corrected chi connectivity index (χ3v) is 4.11. The second-order valence-corrected chi connectivity index (χ2v) is 5.61. The van der Waals surface area contributed by atoms with Crippen molar-refractivity contribution in [1.82, 2.24) is 9.80 Å². The van der Waals surface area contributed by atoms with Gasteiger partial charge >= 0.3 is 12.1 Å². The van der Waals surface area contributed by atoms with Crippen LogP contribution < -0.4 is 9.47 Å². The standard InChI is InChI=1S/C16H19F3N2O4/c1-10-14(22)20(6-7-21(10)15(23)16(17,18)19)9-11-4-5-12(24-2)8-13(11)25-3/h4-5,8,10H,6-7,9H2,1-3H3. The number of carbonyl (C=O) groups excluding carboxylic acids is 2. The highest BCUT2D eigenvalue weighted by Gasteiger charge is 2.47. The molecule has 1 unspecified atom stereocenters. The first-order valence-corrected chi connectivity index (χ1v) is 7.56. The Bertz CT molecular complexity index is 663. The van der Waals surface area contributed by atoms with Crippen LogP contribution >= 0.6 is 0 Å². The minimum absolute atomic E-state index is 0.0141. The van der Waals surface area contributed by atoms with Crippen LogP contribution in [0.2, 0.25) is 0 Å². The summed E-state index contributed by atoms with van der Waals surface area (Å²) in [6.07, 6.45) is -4.99. The summed E-state index contributed by atoms with van der Waals surface area (Å²) >= 11 is 0. The van der Waals surface area contributed by atoms with Gasteiger partial charge in [0.15, 0.2) is 0 Å². The van der Waals surface area contributed by atoms with Crippen LogP contribution in [0, 0.1) is 0 Å². The molecule has 2 rings (SSSR count). The lowest BCUT2D eigenvalue weighted by molar-refractivity contribution is -0.191. The van der Waals surface area contributed by atoms with Crippen molar-refractivity contribution in [3.8, 4) is 11.5 Å². The highest BCUT2D eigenvalue weighted by molar-refractivity contribution is 5.90. The zero-order valence-corrected chi connectivity index (χ0v) is 14.1. The van der Waals surface area contributed by atoms with E-state index >= 15 is 0 Å². The van der Waals surface area contributed by atoms with Crippen molar-refractivity contribution in [2.24, 2.45) is 0 Å². The molecule has 1 aliphatic rings. The van der Waals surface area contributed by atoms with E-state index in [1.54, 1.807) is 18.2 Å². The Morgan fingerprint density at radius 2 is 1.92 bits per heavy atom. The normalized spacial score (nSPS) is 18.3. The zero-order valence-electron chi connectivity index (χ0n) is 14.1. The van der Waals surface area contributed by atoms with Gasteiger partial charge in [-0.15, -0.1) is 0 Å². The van der Waals surface area contributed by atoms with Crippen LogP contribution in [0.3, 0.4) is 0 Å². The van der Waals surface area contributed by atoms with Crippen molar-refractivity contribution in [2.75, 3.05) is 27.3 Å². The highest BCUT2D eigenvalue weighted by Crippen LogP contribution is 2.28. The molecule has 0 aromatic heterocycles. The van der Waals surface area contributed by atoms with Gasteiger partial charge in [0.25, 0.3) is 0 Å². The summed E-state index contributed by atoms with van der Waals surface area (Å²) in [4.78, 5) is 25.8. The summed E-state index contributed by atoms with van der Waals surface area (Å²) < 4.78 is 48.2. The van der Waals surface area contributed by atoms with E-state index in [1.807, 2.05) is 0 Å². The SMILES string of the molecule is COc1ccc(CN2CCN(C(=O)C(F)(F)F)C(C)C2=O)c(OC)c1. The summed E-state index contributed by atoms with van der Waals surface area (Å²) in [5.41, 5.74) is 0.694. The number of benzene rings is 1. The third kappa shape index (κ3) is 3.97. The first kappa shape index (κ1) is 18.9. The molecule has 1 aliphatic heterocycles. The Morgan fingerprint density at radius 3 is 2.48 bits per heavy atom. The lowest BCUT2D eigenvalue weighted by Gasteiger charge is -2.39. The number of halogens is 3. The number of methoxy groups -OCH3 is 2. The molecule has 0 bridgehead atoms. The Kier molecular flexibility index (Phi) is 5.44. The van der Waals surface area contributed by atoms with Crippen molar-refractivity contribution in [3.05, 3.63) is 23.8 Å². The Labute approximate surface area is 143 Å². The maximum Gasteiger partial charge on any atom is 0.471 e. The molecule has 0 aliphatic carbocycles. The first-order valence-electron chi connectivity index (χ1n) is 7.56. The zero-order chi connectivity index (χ0) is 18.8. The van der Waals surface area contributed by atoms with Gasteiger partial charge in [-0.3, -0.25) is 9.59 Å². The number of alkyl halides is 3. The molecule has 0 saturated carbocycles. The van der Waals surface area contributed by atoms with Crippen LogP contribution in [0.5, 0.6) is 11.5 Å². The second-order valence-electron chi connectivity index (χ2n) is 5.61. The van der Waals surface area contributed by atoms with E-state index in [2.05, 4.69) is 0 Å². The number of amides is 2. The summed E-state index contributed by atoms with van der Waals surface area (Å²) in [7, 11) is 2.99. The van der Waals surface area contributed by atoms with Gasteiger partial charge in [0.05, 0.1) is 14.2 Å². The summed E-state index contributed by atoms with van der Waals surface area (Å²) in [5, 5.41) is 0. The van der Waals surface area contributed by atoms with E-state index < -0.39 is 24.0 Å². The molecule has 25 heavy (non-hydrogen) atoms. The Morgan fingerprint density at radius 1 is 1.24 bits per heavy atom. The molecule has 1 fully saturated rings. The van der Waals surface area contributed by atoms with Crippen molar-refractivity contribution in [2.45, 2.75) is 25.7 Å². The quantitative estimate of drug-likeness (QED) is 0.822. The molecule has 0 spiro atoms. The van der Waals surface area contributed by atoms with Crippen LogP contribution in [-0.4, -0.2) is 61.1 Å². The van der Waals surface area contributed by atoms with Gasteiger partial charge in [-0.25, -0.2) is 0 Å².